The molecule has 0 unspecified atom stereocenters. The molecular formula is C25H16F3NO. The summed E-state index contributed by atoms with van der Waals surface area (Å²) < 4.78 is 47.0. The third kappa shape index (κ3) is 3.22. The van der Waals surface area contributed by atoms with Crippen molar-refractivity contribution in [2.45, 2.75) is 12.8 Å². The van der Waals surface area contributed by atoms with Crippen molar-refractivity contribution in [2.75, 3.05) is 0 Å². The first kappa shape index (κ1) is 18.4. The number of fused-ring (bicyclic) bond motifs is 5. The van der Waals surface area contributed by atoms with Crippen LogP contribution >= 0.6 is 0 Å². The van der Waals surface area contributed by atoms with Gasteiger partial charge in [-0.1, -0.05) is 66.7 Å². The maximum atomic E-state index is 13.7. The fourth-order valence-electron chi connectivity index (χ4n) is 3.81. The zero-order chi connectivity index (χ0) is 20.7. The lowest BCUT2D eigenvalue weighted by Crippen LogP contribution is -2.09. The van der Waals surface area contributed by atoms with Crippen molar-refractivity contribution in [1.29, 1.82) is 0 Å². The van der Waals surface area contributed by atoms with Crippen molar-refractivity contribution in [3.05, 3.63) is 96.2 Å². The van der Waals surface area contributed by atoms with Gasteiger partial charge in [0.25, 0.3) is 0 Å². The van der Waals surface area contributed by atoms with Gasteiger partial charge in [-0.05, 0) is 34.5 Å². The number of halogens is 3. The van der Waals surface area contributed by atoms with Crippen molar-refractivity contribution in [3.8, 4) is 5.75 Å². The van der Waals surface area contributed by atoms with Crippen molar-refractivity contribution in [1.82, 2.24) is 4.98 Å². The molecule has 5 heteroatoms. The average Bonchev–Trinajstić information content (AvgIpc) is 2.76. The number of nitrogens with zero attached hydrogens (tertiary/aromatic N) is 1. The highest BCUT2D eigenvalue weighted by Crippen LogP contribution is 2.40. The molecule has 0 radical (unpaired) electrons. The lowest BCUT2D eigenvalue weighted by atomic mass is 9.97. The predicted octanol–water partition coefficient (Wildman–Crippen LogP) is 7.14. The summed E-state index contributed by atoms with van der Waals surface area (Å²) in [6.45, 7) is 0.422. The molecule has 5 rings (SSSR count). The summed E-state index contributed by atoms with van der Waals surface area (Å²) in [5.74, 6) is 0.667. The van der Waals surface area contributed by atoms with Gasteiger partial charge in [-0.15, -0.1) is 0 Å². The Labute approximate surface area is 170 Å². The van der Waals surface area contributed by atoms with Gasteiger partial charge in [-0.25, -0.2) is 4.98 Å². The number of hydrogen-bond acceptors (Lipinski definition) is 2. The Balaban J connectivity index is 1.68. The molecule has 0 aliphatic carbocycles. The Bertz CT molecular complexity index is 1380. The monoisotopic (exact) mass is 403 g/mol. The zero-order valence-corrected chi connectivity index (χ0v) is 15.8. The Hall–Kier alpha value is -3.60. The number of alkyl halides is 3. The molecule has 4 aromatic carbocycles. The van der Waals surface area contributed by atoms with Crippen LogP contribution in [0.1, 0.15) is 11.3 Å². The minimum Gasteiger partial charge on any atom is -0.489 e. The molecule has 0 fully saturated rings. The van der Waals surface area contributed by atoms with Gasteiger partial charge in [0.15, 0.2) is 5.69 Å². The molecule has 0 bridgehead atoms. The van der Waals surface area contributed by atoms with Crippen molar-refractivity contribution >= 4 is 32.4 Å². The van der Waals surface area contributed by atoms with E-state index in [0.29, 0.717) is 28.6 Å². The van der Waals surface area contributed by atoms with Crippen LogP contribution < -0.4 is 4.74 Å². The van der Waals surface area contributed by atoms with Gasteiger partial charge in [-0.3, -0.25) is 0 Å². The van der Waals surface area contributed by atoms with E-state index >= 15 is 0 Å². The fourth-order valence-corrected chi connectivity index (χ4v) is 3.81. The lowest BCUT2D eigenvalue weighted by Gasteiger charge is -2.15. The Morgan fingerprint density at radius 2 is 1.47 bits per heavy atom. The molecule has 148 valence electrons. The van der Waals surface area contributed by atoms with E-state index in [1.807, 2.05) is 54.6 Å². The molecule has 0 saturated heterocycles. The van der Waals surface area contributed by atoms with Gasteiger partial charge >= 0.3 is 6.18 Å². The van der Waals surface area contributed by atoms with Gasteiger partial charge in [0.2, 0.25) is 0 Å². The number of pyridine rings is 1. The van der Waals surface area contributed by atoms with E-state index in [-0.39, 0.29) is 5.39 Å². The number of benzene rings is 4. The first-order valence-corrected chi connectivity index (χ1v) is 9.50. The van der Waals surface area contributed by atoms with Crippen LogP contribution in [0.5, 0.6) is 5.75 Å². The van der Waals surface area contributed by atoms with Gasteiger partial charge in [0.1, 0.15) is 12.4 Å². The average molecular weight is 403 g/mol. The maximum absolute atomic E-state index is 13.7. The third-order valence-corrected chi connectivity index (χ3v) is 5.17. The molecule has 0 N–H and O–H groups in total. The molecule has 5 aromatic rings. The van der Waals surface area contributed by atoms with Gasteiger partial charge in [0, 0.05) is 16.2 Å². The van der Waals surface area contributed by atoms with E-state index in [4.69, 9.17) is 4.74 Å². The predicted molar refractivity (Wildman–Crippen MR) is 113 cm³/mol. The largest absolute Gasteiger partial charge is 0.489 e. The Morgan fingerprint density at radius 3 is 2.27 bits per heavy atom. The number of aromatic nitrogens is 1. The number of rotatable bonds is 3. The van der Waals surface area contributed by atoms with E-state index in [0.717, 1.165) is 16.3 Å². The number of hydrogen-bond donors (Lipinski definition) is 0. The fraction of sp³-hybridized carbons (Fsp3) is 0.0800. The van der Waals surface area contributed by atoms with Crippen LogP contribution in [0.15, 0.2) is 84.9 Å². The standard InChI is InChI=1S/C25H16F3NO/c26-25(27,28)24-21-12-10-17-14-18(30-15-16-6-2-1-3-7-16)11-13-19(17)23(21)20-8-4-5-9-22(20)29-24/h1-14H,15H2. The van der Waals surface area contributed by atoms with Gasteiger partial charge < -0.3 is 4.74 Å². The highest BCUT2D eigenvalue weighted by molar-refractivity contribution is 6.20. The van der Waals surface area contributed by atoms with Crippen LogP contribution in [0, 0.1) is 0 Å². The maximum Gasteiger partial charge on any atom is 0.433 e. The summed E-state index contributed by atoms with van der Waals surface area (Å²) >= 11 is 0. The molecule has 1 heterocycles. The summed E-state index contributed by atoms with van der Waals surface area (Å²) in [6.07, 6.45) is -4.53. The Kier molecular flexibility index (Phi) is 4.31. The summed E-state index contributed by atoms with van der Waals surface area (Å²) in [5, 5.41) is 2.91. The molecule has 0 saturated carbocycles. The van der Waals surface area contributed by atoms with Crippen LogP contribution in [0.4, 0.5) is 13.2 Å². The van der Waals surface area contributed by atoms with Crippen LogP contribution in [0.2, 0.25) is 0 Å². The normalized spacial score (nSPS) is 12.0. The second-order valence-corrected chi connectivity index (χ2v) is 7.12. The van der Waals surface area contributed by atoms with Crippen LogP contribution in [-0.4, -0.2) is 4.98 Å². The minimum atomic E-state index is -4.53. The molecule has 30 heavy (non-hydrogen) atoms. The first-order valence-electron chi connectivity index (χ1n) is 9.50. The molecule has 0 amide bonds. The van der Waals surface area contributed by atoms with Crippen LogP contribution in [-0.2, 0) is 12.8 Å². The van der Waals surface area contributed by atoms with Crippen molar-refractivity contribution < 1.29 is 17.9 Å². The highest BCUT2D eigenvalue weighted by Gasteiger charge is 2.35. The summed E-state index contributed by atoms with van der Waals surface area (Å²) in [7, 11) is 0. The highest BCUT2D eigenvalue weighted by atomic mass is 19.4. The molecule has 0 atom stereocenters. The number of para-hydroxylation sites is 1. The summed E-state index contributed by atoms with van der Waals surface area (Å²) in [4.78, 5) is 3.91. The smallest absolute Gasteiger partial charge is 0.433 e. The van der Waals surface area contributed by atoms with Gasteiger partial charge in [-0.2, -0.15) is 13.2 Å². The van der Waals surface area contributed by atoms with Crippen molar-refractivity contribution in [2.24, 2.45) is 0 Å². The SMILES string of the molecule is FC(F)(F)c1nc2ccccc2c2c1ccc1cc(OCc3ccccc3)ccc12. The second kappa shape index (κ2) is 7.02. The molecule has 0 aliphatic heterocycles. The van der Waals surface area contributed by atoms with Crippen molar-refractivity contribution in [3.63, 3.8) is 0 Å². The van der Waals surface area contributed by atoms with E-state index in [1.165, 1.54) is 6.07 Å². The molecule has 2 nitrogen and oxygen atoms in total. The topological polar surface area (TPSA) is 22.1 Å². The zero-order valence-electron chi connectivity index (χ0n) is 15.8. The van der Waals surface area contributed by atoms with Gasteiger partial charge in [0.05, 0.1) is 5.52 Å². The molecule has 0 spiro atoms. The quantitative estimate of drug-likeness (QED) is 0.299. The third-order valence-electron chi connectivity index (χ3n) is 5.17. The van der Waals surface area contributed by atoms with Crippen LogP contribution in [0.3, 0.4) is 0 Å². The molecule has 0 aliphatic rings. The number of ether oxygens (including phenoxy) is 1. The lowest BCUT2D eigenvalue weighted by molar-refractivity contribution is -0.139. The molecule has 1 aromatic heterocycles. The van der Waals surface area contributed by atoms with Crippen LogP contribution in [0.25, 0.3) is 32.4 Å². The summed E-state index contributed by atoms with van der Waals surface area (Å²) in [5.41, 5.74) is 0.514. The van der Waals surface area contributed by atoms with E-state index < -0.39 is 11.9 Å². The summed E-state index contributed by atoms with van der Waals surface area (Å²) in [6, 6.07) is 25.4. The Morgan fingerprint density at radius 1 is 0.733 bits per heavy atom. The molecular weight excluding hydrogens is 387 g/mol. The minimum absolute atomic E-state index is 0.103. The van der Waals surface area contributed by atoms with E-state index in [2.05, 4.69) is 4.98 Å². The second-order valence-electron chi connectivity index (χ2n) is 7.12. The van der Waals surface area contributed by atoms with E-state index in [1.54, 1.807) is 24.3 Å². The van der Waals surface area contributed by atoms with E-state index in [9.17, 15) is 13.2 Å². The first-order chi connectivity index (χ1) is 14.5.